The van der Waals surface area contributed by atoms with E-state index in [2.05, 4.69) is 25.7 Å². The highest BCUT2D eigenvalue weighted by molar-refractivity contribution is 5.90. The normalized spacial score (nSPS) is 11.5. The van der Waals surface area contributed by atoms with Crippen molar-refractivity contribution in [3.05, 3.63) is 71.8 Å². The van der Waals surface area contributed by atoms with E-state index in [9.17, 15) is 14.4 Å². The van der Waals surface area contributed by atoms with Gasteiger partial charge in [-0.05, 0) is 28.5 Å². The highest BCUT2D eigenvalue weighted by Gasteiger charge is 2.25. The second-order valence-electron chi connectivity index (χ2n) is 6.59. The SMILES string of the molecule is O=C(O)CC(NC(=O)OCc1ccccc1)C(=O)Cn1nnc(Cc2ccncc2)n1. The third-order valence-electron chi connectivity index (χ3n) is 4.18. The van der Waals surface area contributed by atoms with Crippen molar-refractivity contribution in [2.45, 2.75) is 32.0 Å². The number of aliphatic carboxylic acids is 1. The highest BCUT2D eigenvalue weighted by atomic mass is 16.5. The van der Waals surface area contributed by atoms with Crippen molar-refractivity contribution in [1.82, 2.24) is 30.5 Å². The summed E-state index contributed by atoms with van der Waals surface area (Å²) in [6.07, 6.45) is 2.19. The molecule has 0 radical (unpaired) electrons. The van der Waals surface area contributed by atoms with Crippen molar-refractivity contribution in [2.75, 3.05) is 0 Å². The zero-order valence-electron chi connectivity index (χ0n) is 16.4. The molecule has 1 unspecified atom stereocenters. The number of ether oxygens (including phenoxy) is 1. The number of rotatable bonds is 10. The number of nitrogens with zero attached hydrogens (tertiary/aromatic N) is 5. The van der Waals surface area contributed by atoms with E-state index in [1.54, 1.807) is 48.8 Å². The fraction of sp³-hybridized carbons (Fsp3) is 0.250. The Labute approximate surface area is 177 Å². The maximum atomic E-state index is 12.6. The number of carbonyl (C=O) groups excluding carboxylic acids is 2. The Morgan fingerprint density at radius 3 is 2.52 bits per heavy atom. The minimum absolute atomic E-state index is 0.0103. The van der Waals surface area contributed by atoms with E-state index in [-0.39, 0.29) is 13.2 Å². The number of hydrogen-bond acceptors (Lipinski definition) is 8. The first kappa shape index (κ1) is 21.6. The Kier molecular flexibility index (Phi) is 7.35. The summed E-state index contributed by atoms with van der Waals surface area (Å²) in [5, 5.41) is 23.2. The van der Waals surface area contributed by atoms with Crippen molar-refractivity contribution in [1.29, 1.82) is 0 Å². The predicted octanol–water partition coefficient (Wildman–Crippen LogP) is 0.998. The van der Waals surface area contributed by atoms with Gasteiger partial charge >= 0.3 is 12.1 Å². The zero-order valence-corrected chi connectivity index (χ0v) is 16.4. The van der Waals surface area contributed by atoms with Crippen LogP contribution >= 0.6 is 0 Å². The smallest absolute Gasteiger partial charge is 0.408 e. The number of ketones is 1. The third-order valence-corrected chi connectivity index (χ3v) is 4.18. The molecule has 2 aromatic heterocycles. The molecule has 2 heterocycles. The lowest BCUT2D eigenvalue weighted by molar-refractivity contribution is -0.139. The minimum atomic E-state index is -1.30. The third kappa shape index (κ3) is 6.99. The lowest BCUT2D eigenvalue weighted by atomic mass is 10.1. The van der Waals surface area contributed by atoms with Crippen molar-refractivity contribution < 1.29 is 24.2 Å². The molecule has 0 saturated carbocycles. The maximum Gasteiger partial charge on any atom is 0.408 e. The van der Waals surface area contributed by atoms with Crippen LogP contribution < -0.4 is 5.32 Å². The molecular weight excluding hydrogens is 404 g/mol. The van der Waals surface area contributed by atoms with Gasteiger partial charge < -0.3 is 15.2 Å². The predicted molar refractivity (Wildman–Crippen MR) is 106 cm³/mol. The van der Waals surface area contributed by atoms with Gasteiger partial charge in [0.1, 0.15) is 19.2 Å². The van der Waals surface area contributed by atoms with E-state index in [0.717, 1.165) is 15.9 Å². The van der Waals surface area contributed by atoms with Crippen LogP contribution in [0, 0.1) is 0 Å². The Hall–Kier alpha value is -4.15. The Morgan fingerprint density at radius 1 is 1.06 bits per heavy atom. The number of amides is 1. The summed E-state index contributed by atoms with van der Waals surface area (Å²) < 4.78 is 5.06. The quantitative estimate of drug-likeness (QED) is 0.486. The molecule has 31 heavy (non-hydrogen) atoms. The van der Waals surface area contributed by atoms with E-state index >= 15 is 0 Å². The summed E-state index contributed by atoms with van der Waals surface area (Å²) in [5.74, 6) is -1.44. The molecule has 160 valence electrons. The molecule has 3 aromatic rings. The zero-order chi connectivity index (χ0) is 22.1. The van der Waals surface area contributed by atoms with Gasteiger partial charge in [-0.25, -0.2) is 4.79 Å². The van der Waals surface area contributed by atoms with Gasteiger partial charge in [-0.2, -0.15) is 4.80 Å². The molecule has 11 nitrogen and oxygen atoms in total. The number of tetrazole rings is 1. The number of alkyl carbamates (subject to hydrolysis) is 1. The molecular formula is C20H20N6O5. The summed E-state index contributed by atoms with van der Waals surface area (Å²) in [7, 11) is 0. The van der Waals surface area contributed by atoms with Crippen LogP contribution in [0.1, 0.15) is 23.4 Å². The largest absolute Gasteiger partial charge is 0.481 e. The number of benzene rings is 1. The molecule has 11 heteroatoms. The van der Waals surface area contributed by atoms with Crippen LogP contribution in [-0.2, 0) is 33.9 Å². The second-order valence-corrected chi connectivity index (χ2v) is 6.59. The molecule has 1 atom stereocenters. The van der Waals surface area contributed by atoms with Crippen LogP contribution in [0.3, 0.4) is 0 Å². The van der Waals surface area contributed by atoms with Crippen LogP contribution in [0.4, 0.5) is 4.79 Å². The van der Waals surface area contributed by atoms with E-state index < -0.39 is 30.3 Å². The van der Waals surface area contributed by atoms with Crippen molar-refractivity contribution in [2.24, 2.45) is 0 Å². The van der Waals surface area contributed by atoms with Gasteiger partial charge in [-0.3, -0.25) is 14.6 Å². The molecule has 0 aliphatic rings. The number of carbonyl (C=O) groups is 3. The topological polar surface area (TPSA) is 149 Å². The van der Waals surface area contributed by atoms with Gasteiger partial charge in [-0.15, -0.1) is 10.2 Å². The van der Waals surface area contributed by atoms with Crippen LogP contribution in [0.2, 0.25) is 0 Å². The van der Waals surface area contributed by atoms with Crippen LogP contribution in [0.5, 0.6) is 0 Å². The number of nitrogens with one attached hydrogen (secondary N) is 1. The van der Waals surface area contributed by atoms with E-state index in [1.165, 1.54) is 0 Å². The van der Waals surface area contributed by atoms with E-state index in [4.69, 9.17) is 9.84 Å². The number of aromatic nitrogens is 5. The van der Waals surface area contributed by atoms with E-state index in [1.807, 2.05) is 6.07 Å². The van der Waals surface area contributed by atoms with Crippen LogP contribution in [0.15, 0.2) is 54.9 Å². The van der Waals surface area contributed by atoms with E-state index in [0.29, 0.717) is 12.2 Å². The first-order valence-corrected chi connectivity index (χ1v) is 9.37. The average molecular weight is 424 g/mol. The Bertz CT molecular complexity index is 1020. The molecule has 1 aromatic carbocycles. The molecule has 0 fully saturated rings. The lowest BCUT2D eigenvalue weighted by Crippen LogP contribution is -2.44. The monoisotopic (exact) mass is 424 g/mol. The minimum Gasteiger partial charge on any atom is -0.481 e. The van der Waals surface area contributed by atoms with Gasteiger partial charge in [0.2, 0.25) is 0 Å². The fourth-order valence-electron chi connectivity index (χ4n) is 2.67. The fourth-order valence-corrected chi connectivity index (χ4v) is 2.67. The summed E-state index contributed by atoms with van der Waals surface area (Å²) in [5.41, 5.74) is 1.68. The first-order chi connectivity index (χ1) is 15.0. The van der Waals surface area contributed by atoms with Crippen molar-refractivity contribution in [3.63, 3.8) is 0 Å². The molecule has 0 bridgehead atoms. The molecule has 3 rings (SSSR count). The molecule has 0 saturated heterocycles. The highest BCUT2D eigenvalue weighted by Crippen LogP contribution is 2.04. The van der Waals surface area contributed by atoms with Crippen LogP contribution in [0.25, 0.3) is 0 Å². The van der Waals surface area contributed by atoms with Gasteiger partial charge in [0.15, 0.2) is 11.6 Å². The van der Waals surface area contributed by atoms with Crippen LogP contribution in [-0.4, -0.2) is 54.2 Å². The summed E-state index contributed by atoms with van der Waals surface area (Å²) in [4.78, 5) is 40.7. The number of Topliss-reactive ketones (excluding diaryl/α,β-unsaturated/α-hetero) is 1. The van der Waals surface area contributed by atoms with Gasteiger partial charge in [-0.1, -0.05) is 30.3 Å². The Balaban J connectivity index is 1.56. The van der Waals surface area contributed by atoms with Crippen molar-refractivity contribution >= 4 is 17.8 Å². The lowest BCUT2D eigenvalue weighted by Gasteiger charge is -2.15. The molecule has 2 N–H and O–H groups in total. The number of hydrogen-bond donors (Lipinski definition) is 2. The Morgan fingerprint density at radius 2 is 1.81 bits per heavy atom. The second kappa shape index (κ2) is 10.6. The summed E-state index contributed by atoms with van der Waals surface area (Å²) in [6.45, 7) is -0.357. The molecule has 0 aliphatic carbocycles. The number of carboxylic acid groups (broad SMARTS) is 1. The van der Waals surface area contributed by atoms with Gasteiger partial charge in [0, 0.05) is 18.8 Å². The molecule has 1 amide bonds. The van der Waals surface area contributed by atoms with Gasteiger partial charge in [0.25, 0.3) is 0 Å². The summed E-state index contributed by atoms with van der Waals surface area (Å²) >= 11 is 0. The number of pyridine rings is 1. The molecule has 0 spiro atoms. The number of carboxylic acids is 1. The maximum absolute atomic E-state index is 12.6. The van der Waals surface area contributed by atoms with Crippen molar-refractivity contribution in [3.8, 4) is 0 Å². The standard InChI is InChI=1S/C20H20N6O5/c27-17(12-26-24-18(23-25-26)10-14-6-8-21-9-7-14)16(11-19(28)29)22-20(30)31-13-15-4-2-1-3-5-15/h1-9,16H,10-13H2,(H,22,30)(H,28,29). The molecule has 0 aliphatic heterocycles. The summed E-state index contributed by atoms with van der Waals surface area (Å²) in [6, 6.07) is 11.3. The first-order valence-electron chi connectivity index (χ1n) is 9.37. The average Bonchev–Trinajstić information content (AvgIpc) is 3.19. The van der Waals surface area contributed by atoms with Gasteiger partial charge in [0.05, 0.1) is 6.42 Å².